The van der Waals surface area contributed by atoms with E-state index in [1.807, 2.05) is 0 Å². The number of thioether (sulfide) groups is 1. The minimum absolute atomic E-state index is 0.363. The zero-order valence-corrected chi connectivity index (χ0v) is 13.4. The van der Waals surface area contributed by atoms with Gasteiger partial charge in [-0.3, -0.25) is 4.79 Å². The van der Waals surface area contributed by atoms with E-state index in [1.54, 1.807) is 7.11 Å². The molecule has 6 nitrogen and oxygen atoms in total. The first kappa shape index (κ1) is 16.7. The molecular formula is C13H15FN4O2S2. The minimum atomic E-state index is -0.639. The zero-order valence-electron chi connectivity index (χ0n) is 11.8. The van der Waals surface area contributed by atoms with Crippen molar-refractivity contribution in [2.75, 3.05) is 25.6 Å². The molecule has 1 aromatic carbocycles. The van der Waals surface area contributed by atoms with Gasteiger partial charge < -0.3 is 15.8 Å². The van der Waals surface area contributed by atoms with E-state index in [4.69, 9.17) is 10.5 Å². The van der Waals surface area contributed by atoms with E-state index in [1.165, 1.54) is 47.4 Å². The fraction of sp³-hybridized carbons (Fsp3) is 0.308. The van der Waals surface area contributed by atoms with Crippen LogP contribution in [0.4, 0.5) is 9.52 Å². The highest BCUT2D eigenvalue weighted by atomic mass is 32.2. The van der Waals surface area contributed by atoms with Crippen LogP contribution < -0.4 is 11.1 Å². The second-order valence-corrected chi connectivity index (χ2v) is 6.57. The Bertz CT molecular complexity index is 621. The Morgan fingerprint density at radius 2 is 2.18 bits per heavy atom. The average molecular weight is 342 g/mol. The van der Waals surface area contributed by atoms with E-state index < -0.39 is 11.2 Å². The maximum atomic E-state index is 13.0. The fourth-order valence-electron chi connectivity index (χ4n) is 1.62. The molecule has 1 aromatic heterocycles. The van der Waals surface area contributed by atoms with Crippen LogP contribution in [0.5, 0.6) is 0 Å². The van der Waals surface area contributed by atoms with E-state index in [9.17, 15) is 9.18 Å². The third kappa shape index (κ3) is 4.65. The first-order valence-electron chi connectivity index (χ1n) is 6.38. The normalized spacial score (nSPS) is 12.1. The number of nitrogens with zero attached hydrogens (tertiary/aromatic N) is 2. The molecule has 0 saturated heterocycles. The van der Waals surface area contributed by atoms with Gasteiger partial charge in [0.2, 0.25) is 11.0 Å². The van der Waals surface area contributed by atoms with Crippen LogP contribution in [0.25, 0.3) is 0 Å². The van der Waals surface area contributed by atoms with Gasteiger partial charge in [-0.25, -0.2) is 4.39 Å². The quantitative estimate of drug-likeness (QED) is 0.564. The Kier molecular flexibility index (Phi) is 6.10. The highest BCUT2D eigenvalue weighted by molar-refractivity contribution is 8.01. The molecule has 1 amide bonds. The number of carbonyl (C=O) groups is 1. The van der Waals surface area contributed by atoms with Crippen LogP contribution in [-0.2, 0) is 9.53 Å². The molecule has 1 atom stereocenters. The van der Waals surface area contributed by atoms with Crippen molar-refractivity contribution in [2.45, 2.75) is 9.59 Å². The Morgan fingerprint density at radius 1 is 1.45 bits per heavy atom. The third-order valence-corrected chi connectivity index (χ3v) is 4.88. The Balaban J connectivity index is 2.05. The first-order chi connectivity index (χ1) is 10.6. The number of nitrogens with one attached hydrogen (secondary N) is 1. The van der Waals surface area contributed by atoms with Crippen molar-refractivity contribution in [3.05, 3.63) is 35.6 Å². The molecule has 0 fully saturated rings. The largest absolute Gasteiger partial charge is 0.383 e. The summed E-state index contributed by atoms with van der Waals surface area (Å²) in [5, 5.41) is 11.0. The molecule has 0 aliphatic heterocycles. The number of amides is 1. The Hall–Kier alpha value is -1.71. The molecule has 0 bridgehead atoms. The topological polar surface area (TPSA) is 90.1 Å². The molecule has 1 heterocycles. The second kappa shape index (κ2) is 8.06. The summed E-state index contributed by atoms with van der Waals surface area (Å²) < 4.78 is 18.5. The molecule has 0 radical (unpaired) electrons. The number of hydrogen-bond acceptors (Lipinski definition) is 7. The average Bonchev–Trinajstić information content (AvgIpc) is 2.94. The number of nitrogens with two attached hydrogens (primary N) is 1. The predicted molar refractivity (Wildman–Crippen MR) is 84.5 cm³/mol. The van der Waals surface area contributed by atoms with Gasteiger partial charge in [0, 0.05) is 13.7 Å². The standard InChI is InChI=1S/C13H15FN4O2S2/c1-20-7-6-16-12-17-18-13(22-12)21-10(11(15)19)8-2-4-9(14)5-3-8/h2-5,10H,6-7H2,1H3,(H2,15,19)(H,16,17)/t10-/m0/s1. The van der Waals surface area contributed by atoms with Crippen molar-refractivity contribution >= 4 is 34.1 Å². The van der Waals surface area contributed by atoms with Crippen LogP contribution in [0.3, 0.4) is 0 Å². The van der Waals surface area contributed by atoms with Gasteiger partial charge in [-0.1, -0.05) is 35.2 Å². The van der Waals surface area contributed by atoms with E-state index in [2.05, 4.69) is 15.5 Å². The van der Waals surface area contributed by atoms with Gasteiger partial charge in [-0.15, -0.1) is 10.2 Å². The van der Waals surface area contributed by atoms with Gasteiger partial charge in [0.25, 0.3) is 0 Å². The lowest BCUT2D eigenvalue weighted by Gasteiger charge is -2.11. The predicted octanol–water partition coefficient (Wildman–Crippen LogP) is 2.05. The molecular weight excluding hydrogens is 327 g/mol. The van der Waals surface area contributed by atoms with E-state index >= 15 is 0 Å². The van der Waals surface area contributed by atoms with Crippen molar-refractivity contribution in [2.24, 2.45) is 5.73 Å². The summed E-state index contributed by atoms with van der Waals surface area (Å²) in [6.07, 6.45) is 0. The van der Waals surface area contributed by atoms with E-state index in [0.29, 0.717) is 28.2 Å². The lowest BCUT2D eigenvalue weighted by Crippen LogP contribution is -2.18. The molecule has 118 valence electrons. The number of halogens is 1. The minimum Gasteiger partial charge on any atom is -0.383 e. The maximum absolute atomic E-state index is 13.0. The first-order valence-corrected chi connectivity index (χ1v) is 8.07. The smallest absolute Gasteiger partial charge is 0.235 e. The van der Waals surface area contributed by atoms with Crippen molar-refractivity contribution in [3.8, 4) is 0 Å². The van der Waals surface area contributed by atoms with Gasteiger partial charge >= 0.3 is 0 Å². The monoisotopic (exact) mass is 342 g/mol. The van der Waals surface area contributed by atoms with Crippen LogP contribution in [0.2, 0.25) is 0 Å². The van der Waals surface area contributed by atoms with E-state index in [0.717, 1.165) is 0 Å². The maximum Gasteiger partial charge on any atom is 0.235 e. The van der Waals surface area contributed by atoms with E-state index in [-0.39, 0.29) is 5.82 Å². The Morgan fingerprint density at radius 3 is 2.82 bits per heavy atom. The molecule has 0 aliphatic carbocycles. The summed E-state index contributed by atoms with van der Waals surface area (Å²) >= 11 is 2.51. The molecule has 0 aliphatic rings. The summed E-state index contributed by atoms with van der Waals surface area (Å²) in [4.78, 5) is 11.6. The SMILES string of the molecule is COCCNc1nnc(S[C@H](C(N)=O)c2ccc(F)cc2)s1. The summed E-state index contributed by atoms with van der Waals surface area (Å²) in [6.45, 7) is 1.18. The molecule has 3 N–H and O–H groups in total. The Labute approximate surface area is 135 Å². The molecule has 2 aromatic rings. The summed E-state index contributed by atoms with van der Waals surface area (Å²) in [5.41, 5.74) is 6.06. The van der Waals surface area contributed by atoms with Crippen LogP contribution >= 0.6 is 23.1 Å². The summed E-state index contributed by atoms with van der Waals surface area (Å²) in [5.74, 6) is -0.877. The highest BCUT2D eigenvalue weighted by Crippen LogP contribution is 2.37. The second-order valence-electron chi connectivity index (χ2n) is 4.24. The van der Waals surface area contributed by atoms with Crippen LogP contribution in [0.1, 0.15) is 10.8 Å². The van der Waals surface area contributed by atoms with Gasteiger partial charge in [-0.2, -0.15) is 0 Å². The third-order valence-electron chi connectivity index (χ3n) is 2.64. The lowest BCUT2D eigenvalue weighted by atomic mass is 10.1. The number of carbonyl (C=O) groups excluding carboxylic acids is 1. The van der Waals surface area contributed by atoms with Crippen molar-refractivity contribution in [1.82, 2.24) is 10.2 Å². The van der Waals surface area contributed by atoms with Crippen molar-refractivity contribution < 1.29 is 13.9 Å². The van der Waals surface area contributed by atoms with Crippen LogP contribution in [-0.4, -0.2) is 36.4 Å². The molecule has 9 heteroatoms. The highest BCUT2D eigenvalue weighted by Gasteiger charge is 2.21. The van der Waals surface area contributed by atoms with Crippen LogP contribution in [0, 0.1) is 5.82 Å². The molecule has 22 heavy (non-hydrogen) atoms. The number of rotatable bonds is 8. The number of hydrogen-bond donors (Lipinski definition) is 2. The van der Waals surface area contributed by atoms with Gasteiger partial charge in [0.15, 0.2) is 4.34 Å². The lowest BCUT2D eigenvalue weighted by molar-refractivity contribution is -0.117. The number of primary amides is 1. The zero-order chi connectivity index (χ0) is 15.9. The van der Waals surface area contributed by atoms with Gasteiger partial charge in [0.1, 0.15) is 11.1 Å². The fourth-order valence-corrected chi connectivity index (χ4v) is 3.54. The molecule has 2 rings (SSSR count). The number of anilines is 1. The molecule has 0 spiro atoms. The number of aromatic nitrogens is 2. The van der Waals surface area contributed by atoms with Crippen LogP contribution in [0.15, 0.2) is 28.6 Å². The van der Waals surface area contributed by atoms with Crippen molar-refractivity contribution in [1.29, 1.82) is 0 Å². The summed E-state index contributed by atoms with van der Waals surface area (Å²) in [6, 6.07) is 5.67. The summed E-state index contributed by atoms with van der Waals surface area (Å²) in [7, 11) is 1.61. The van der Waals surface area contributed by atoms with Gasteiger partial charge in [-0.05, 0) is 17.7 Å². The number of benzene rings is 1. The number of ether oxygens (including phenoxy) is 1. The molecule has 0 saturated carbocycles. The number of methoxy groups -OCH3 is 1. The van der Waals surface area contributed by atoms with Gasteiger partial charge in [0.05, 0.1) is 6.61 Å². The van der Waals surface area contributed by atoms with Crippen molar-refractivity contribution in [3.63, 3.8) is 0 Å². The molecule has 0 unspecified atom stereocenters.